The van der Waals surface area contributed by atoms with Crippen LogP contribution < -0.4 is 0 Å². The molecule has 1 nitrogen and oxygen atoms in total. The third-order valence-electron chi connectivity index (χ3n) is 1.20. The van der Waals surface area contributed by atoms with E-state index in [-0.39, 0.29) is 5.41 Å². The molecule has 0 heterocycles. The summed E-state index contributed by atoms with van der Waals surface area (Å²) in [4.78, 5) is 4.08. The van der Waals surface area contributed by atoms with E-state index in [0.717, 1.165) is 5.71 Å². The quantitative estimate of drug-likeness (QED) is 0.477. The van der Waals surface area contributed by atoms with Crippen LogP contribution in [0, 0.1) is 5.41 Å². The van der Waals surface area contributed by atoms with Crippen molar-refractivity contribution in [1.29, 1.82) is 0 Å². The molecule has 0 N–H and O–H groups in total. The van der Waals surface area contributed by atoms with Crippen LogP contribution in [0.1, 0.15) is 20.8 Å². The molecule has 0 rings (SSSR count). The molecule has 52 valence electrons. The summed E-state index contributed by atoms with van der Waals surface area (Å²) in [7, 11) is 1.79. The van der Waals surface area contributed by atoms with Gasteiger partial charge >= 0.3 is 0 Å². The zero-order valence-electron chi connectivity index (χ0n) is 6.73. The van der Waals surface area contributed by atoms with Crippen LogP contribution in [0.25, 0.3) is 0 Å². The van der Waals surface area contributed by atoms with Crippen molar-refractivity contribution in [2.45, 2.75) is 20.8 Å². The van der Waals surface area contributed by atoms with Gasteiger partial charge in [0, 0.05) is 18.2 Å². The maximum atomic E-state index is 4.08. The van der Waals surface area contributed by atoms with Gasteiger partial charge in [-0.05, 0) is 6.08 Å². The lowest BCUT2D eigenvalue weighted by molar-refractivity contribution is 0.593. The predicted molar refractivity (Wildman–Crippen MR) is 43.0 cm³/mol. The molecular weight excluding hydrogens is 110 g/mol. The minimum absolute atomic E-state index is 0.149. The van der Waals surface area contributed by atoms with Gasteiger partial charge in [0.25, 0.3) is 0 Å². The Morgan fingerprint density at radius 1 is 1.44 bits per heavy atom. The normalized spacial score (nSPS) is 13.6. The van der Waals surface area contributed by atoms with Crippen molar-refractivity contribution in [2.75, 3.05) is 7.05 Å². The van der Waals surface area contributed by atoms with Crippen LogP contribution in [-0.4, -0.2) is 12.8 Å². The molecule has 0 bridgehead atoms. The fourth-order valence-corrected chi connectivity index (χ4v) is 0.733. The SMILES string of the molecule is C=CC(=NC)C(C)(C)C. The van der Waals surface area contributed by atoms with E-state index in [1.165, 1.54) is 0 Å². The Kier molecular flexibility index (Phi) is 2.63. The second-order valence-electron chi connectivity index (χ2n) is 3.06. The lowest BCUT2D eigenvalue weighted by Crippen LogP contribution is -2.17. The molecule has 0 saturated carbocycles. The molecule has 1 heteroatoms. The van der Waals surface area contributed by atoms with Gasteiger partial charge in [-0.2, -0.15) is 0 Å². The highest BCUT2D eigenvalue weighted by Crippen LogP contribution is 2.15. The second-order valence-corrected chi connectivity index (χ2v) is 3.06. The average Bonchev–Trinajstić information content (AvgIpc) is 1.65. The molecule has 0 atom stereocenters. The molecule has 0 aromatic heterocycles. The number of aliphatic imine (C=N–C) groups is 1. The summed E-state index contributed by atoms with van der Waals surface area (Å²) in [6, 6.07) is 0. The number of hydrogen-bond donors (Lipinski definition) is 0. The maximum Gasteiger partial charge on any atom is 0.0392 e. The van der Waals surface area contributed by atoms with Crippen molar-refractivity contribution >= 4 is 5.71 Å². The summed E-state index contributed by atoms with van der Waals surface area (Å²) in [5, 5.41) is 0. The first kappa shape index (κ1) is 8.41. The Labute approximate surface area is 57.5 Å². The van der Waals surface area contributed by atoms with E-state index in [2.05, 4.69) is 32.3 Å². The van der Waals surface area contributed by atoms with E-state index in [9.17, 15) is 0 Å². The summed E-state index contributed by atoms with van der Waals surface area (Å²) in [6.07, 6.45) is 1.81. The molecule has 0 unspecified atom stereocenters. The minimum atomic E-state index is 0.149. The molecule has 0 fully saturated rings. The summed E-state index contributed by atoms with van der Waals surface area (Å²) < 4.78 is 0. The molecule has 9 heavy (non-hydrogen) atoms. The van der Waals surface area contributed by atoms with Gasteiger partial charge in [-0.1, -0.05) is 27.4 Å². The van der Waals surface area contributed by atoms with Crippen LogP contribution in [0.4, 0.5) is 0 Å². The fourth-order valence-electron chi connectivity index (χ4n) is 0.733. The van der Waals surface area contributed by atoms with Gasteiger partial charge in [0.2, 0.25) is 0 Å². The summed E-state index contributed by atoms with van der Waals surface area (Å²) in [6.45, 7) is 10.0. The van der Waals surface area contributed by atoms with Crippen molar-refractivity contribution in [3.8, 4) is 0 Å². The van der Waals surface area contributed by atoms with Gasteiger partial charge < -0.3 is 0 Å². The van der Waals surface area contributed by atoms with Crippen molar-refractivity contribution in [2.24, 2.45) is 10.4 Å². The molecule has 0 spiro atoms. The van der Waals surface area contributed by atoms with Crippen molar-refractivity contribution < 1.29 is 0 Å². The average molecular weight is 125 g/mol. The van der Waals surface area contributed by atoms with Gasteiger partial charge in [0.15, 0.2) is 0 Å². The second kappa shape index (κ2) is 2.81. The number of allylic oxidation sites excluding steroid dienone is 1. The Bertz CT molecular complexity index is 126. The van der Waals surface area contributed by atoms with Gasteiger partial charge in [0.1, 0.15) is 0 Å². The molecule has 0 aliphatic heterocycles. The molecule has 0 radical (unpaired) electrons. The smallest absolute Gasteiger partial charge is 0.0392 e. The summed E-state index contributed by atoms with van der Waals surface area (Å²) in [5.74, 6) is 0. The van der Waals surface area contributed by atoms with Crippen molar-refractivity contribution in [3.63, 3.8) is 0 Å². The first-order chi connectivity index (χ1) is 4.02. The van der Waals surface area contributed by atoms with Gasteiger partial charge in [-0.15, -0.1) is 0 Å². The van der Waals surface area contributed by atoms with Crippen LogP contribution in [-0.2, 0) is 0 Å². The maximum absolute atomic E-state index is 4.08. The third kappa shape index (κ3) is 2.45. The zero-order chi connectivity index (χ0) is 7.49. The number of nitrogens with zero attached hydrogens (tertiary/aromatic N) is 1. The number of rotatable bonds is 1. The van der Waals surface area contributed by atoms with Gasteiger partial charge in [-0.3, -0.25) is 4.99 Å². The standard InChI is InChI=1S/C8H15N/c1-6-7(9-5)8(2,3)4/h6H,1H2,2-5H3. The first-order valence-corrected chi connectivity index (χ1v) is 3.12. The molecule has 0 aliphatic rings. The molecule has 0 saturated heterocycles. The van der Waals surface area contributed by atoms with Crippen LogP contribution in [0.3, 0.4) is 0 Å². The Hall–Kier alpha value is -0.590. The van der Waals surface area contributed by atoms with Crippen LogP contribution >= 0.6 is 0 Å². The molecule has 0 aromatic rings. The predicted octanol–water partition coefficient (Wildman–Crippen LogP) is 2.29. The van der Waals surface area contributed by atoms with Crippen molar-refractivity contribution in [3.05, 3.63) is 12.7 Å². The summed E-state index contributed by atoms with van der Waals surface area (Å²) in [5.41, 5.74) is 1.21. The first-order valence-electron chi connectivity index (χ1n) is 3.12. The van der Waals surface area contributed by atoms with E-state index < -0.39 is 0 Å². The van der Waals surface area contributed by atoms with Crippen LogP contribution in [0.15, 0.2) is 17.6 Å². The fraction of sp³-hybridized carbons (Fsp3) is 0.625. The van der Waals surface area contributed by atoms with Crippen molar-refractivity contribution in [1.82, 2.24) is 0 Å². The largest absolute Gasteiger partial charge is 0.293 e. The zero-order valence-corrected chi connectivity index (χ0v) is 6.73. The van der Waals surface area contributed by atoms with E-state index in [0.29, 0.717) is 0 Å². The lowest BCUT2D eigenvalue weighted by atomic mass is 9.90. The lowest BCUT2D eigenvalue weighted by Gasteiger charge is -2.17. The van der Waals surface area contributed by atoms with E-state index in [1.54, 1.807) is 13.1 Å². The highest BCUT2D eigenvalue weighted by atomic mass is 14.7. The van der Waals surface area contributed by atoms with Gasteiger partial charge in [0.05, 0.1) is 0 Å². The van der Waals surface area contributed by atoms with E-state index >= 15 is 0 Å². The molecule has 0 aromatic carbocycles. The Morgan fingerprint density at radius 2 is 1.89 bits per heavy atom. The Balaban J connectivity index is 4.32. The molecular formula is C8H15N. The highest BCUT2D eigenvalue weighted by molar-refractivity contribution is 5.98. The van der Waals surface area contributed by atoms with Crippen LogP contribution in [0.5, 0.6) is 0 Å². The monoisotopic (exact) mass is 125 g/mol. The number of hydrogen-bond acceptors (Lipinski definition) is 1. The third-order valence-corrected chi connectivity index (χ3v) is 1.20. The molecule has 0 aliphatic carbocycles. The van der Waals surface area contributed by atoms with E-state index in [4.69, 9.17) is 0 Å². The minimum Gasteiger partial charge on any atom is -0.293 e. The van der Waals surface area contributed by atoms with E-state index in [1.807, 2.05) is 0 Å². The highest BCUT2D eigenvalue weighted by Gasteiger charge is 2.13. The van der Waals surface area contributed by atoms with Crippen LogP contribution in [0.2, 0.25) is 0 Å². The molecule has 0 amide bonds. The topological polar surface area (TPSA) is 12.4 Å². The Morgan fingerprint density at radius 3 is 1.89 bits per heavy atom. The van der Waals surface area contributed by atoms with Gasteiger partial charge in [-0.25, -0.2) is 0 Å². The summed E-state index contributed by atoms with van der Waals surface area (Å²) >= 11 is 0.